The van der Waals surface area contributed by atoms with E-state index in [-0.39, 0.29) is 25.4 Å². The molecule has 16 heteroatoms. The number of hydrazine groups is 1. The normalized spacial score (nSPS) is 25.9. The number of carbonyl (C=O) groups is 5. The van der Waals surface area contributed by atoms with Gasteiger partial charge in [0.25, 0.3) is 17.4 Å². The number of aromatic nitrogens is 1. The summed E-state index contributed by atoms with van der Waals surface area (Å²) in [5.74, 6) is -7.26. The first kappa shape index (κ1) is 30.5. The van der Waals surface area contributed by atoms with E-state index >= 15 is 0 Å². The van der Waals surface area contributed by atoms with E-state index in [4.69, 9.17) is 11.6 Å². The van der Waals surface area contributed by atoms with Crippen LogP contribution in [0.1, 0.15) is 25.8 Å². The lowest BCUT2D eigenvalue weighted by molar-refractivity contribution is -0.175. The highest BCUT2D eigenvalue weighted by molar-refractivity contribution is 6.29. The Labute approximate surface area is 237 Å². The molecule has 224 valence electrons. The van der Waals surface area contributed by atoms with E-state index < -0.39 is 70.7 Å². The minimum absolute atomic E-state index is 0.00351. The van der Waals surface area contributed by atoms with E-state index in [0.717, 1.165) is 4.90 Å². The Morgan fingerprint density at radius 2 is 1.90 bits per heavy atom. The van der Waals surface area contributed by atoms with E-state index in [1.54, 1.807) is 5.32 Å². The smallest absolute Gasteiger partial charge is 0.356 e. The Hall–Kier alpha value is -3.49. The third-order valence-electron chi connectivity index (χ3n) is 8.07. The molecule has 0 radical (unpaired) electrons. The van der Waals surface area contributed by atoms with Crippen LogP contribution in [0.4, 0.5) is 17.6 Å². The molecule has 11 nitrogen and oxygen atoms in total. The van der Waals surface area contributed by atoms with Gasteiger partial charge in [-0.2, -0.15) is 13.2 Å². The molecule has 3 N–H and O–H groups in total. The molecule has 2 aliphatic heterocycles. The lowest BCUT2D eigenvalue weighted by Crippen LogP contribution is -2.60. The summed E-state index contributed by atoms with van der Waals surface area (Å²) in [6.45, 7) is 3.65. The van der Waals surface area contributed by atoms with Crippen LogP contribution in [0.15, 0.2) is 24.5 Å². The maximum Gasteiger partial charge on any atom is 0.471 e. The third kappa shape index (κ3) is 6.39. The predicted octanol–water partition coefficient (Wildman–Crippen LogP) is 0.685. The fourth-order valence-electron chi connectivity index (χ4n) is 5.76. The topological polar surface area (TPSA) is 141 Å². The number of nitrogens with one attached hydrogen (secondary N) is 3. The minimum atomic E-state index is -5.26. The molecular formula is C25H29ClF4N6O5. The van der Waals surface area contributed by atoms with Crippen molar-refractivity contribution in [2.24, 2.45) is 23.2 Å². The number of hydrogen-bond acceptors (Lipinski definition) is 6. The van der Waals surface area contributed by atoms with Crippen LogP contribution in [0.25, 0.3) is 0 Å². The molecule has 41 heavy (non-hydrogen) atoms. The lowest BCUT2D eigenvalue weighted by atomic mass is 9.98. The SMILES string of the molecule is CC1(C)[C@@H]2[C@@H](C(=O)NN(C[C@@H]3CCNC3=O)C(=O)[C@H](F)Cl)N(C(=O)[C@H](Cc3ccncc3)NC(=O)C(F)(F)F)C[C@@H]21. The quantitative estimate of drug-likeness (QED) is 0.227. The van der Waals surface area contributed by atoms with Gasteiger partial charge in [0, 0.05) is 31.9 Å². The maximum atomic E-state index is 13.8. The van der Waals surface area contributed by atoms with Gasteiger partial charge in [-0.1, -0.05) is 25.4 Å². The Kier molecular flexibility index (Phi) is 8.48. The molecule has 3 aliphatic rings. The number of likely N-dealkylation sites (tertiary alicyclic amines) is 1. The molecule has 5 amide bonds. The molecule has 3 fully saturated rings. The molecule has 4 rings (SSSR count). The molecule has 1 saturated carbocycles. The Bertz CT molecular complexity index is 1220. The van der Waals surface area contributed by atoms with E-state index in [0.29, 0.717) is 23.5 Å². The molecule has 2 saturated heterocycles. The van der Waals surface area contributed by atoms with Crippen LogP contribution in [-0.4, -0.2) is 88.0 Å². The molecule has 0 bridgehead atoms. The van der Waals surface area contributed by atoms with E-state index in [1.165, 1.54) is 24.5 Å². The fourth-order valence-corrected chi connectivity index (χ4v) is 5.87. The second-order valence-corrected chi connectivity index (χ2v) is 11.4. The van der Waals surface area contributed by atoms with Crippen molar-refractivity contribution in [1.29, 1.82) is 0 Å². The van der Waals surface area contributed by atoms with E-state index in [2.05, 4.69) is 15.7 Å². The zero-order chi connectivity index (χ0) is 30.3. The van der Waals surface area contributed by atoms with Crippen molar-refractivity contribution < 1.29 is 41.5 Å². The van der Waals surface area contributed by atoms with Crippen LogP contribution in [0.3, 0.4) is 0 Å². The molecule has 1 aromatic rings. The molecule has 1 aromatic heterocycles. The summed E-state index contributed by atoms with van der Waals surface area (Å²) in [4.78, 5) is 68.6. The number of piperidine rings is 1. The number of fused-ring (bicyclic) bond motifs is 1. The van der Waals surface area contributed by atoms with E-state index in [9.17, 15) is 41.5 Å². The summed E-state index contributed by atoms with van der Waals surface area (Å²) in [5, 5.41) is 4.90. The maximum absolute atomic E-state index is 13.8. The third-order valence-corrected chi connectivity index (χ3v) is 8.26. The molecule has 3 heterocycles. The zero-order valence-electron chi connectivity index (χ0n) is 22.1. The Morgan fingerprint density at radius 3 is 2.46 bits per heavy atom. The van der Waals surface area contributed by atoms with Crippen molar-refractivity contribution in [3.63, 3.8) is 0 Å². The first-order valence-electron chi connectivity index (χ1n) is 12.9. The van der Waals surface area contributed by atoms with Crippen LogP contribution in [-0.2, 0) is 30.4 Å². The summed E-state index contributed by atoms with van der Waals surface area (Å²) in [6.07, 6.45) is -2.52. The van der Waals surface area contributed by atoms with Gasteiger partial charge < -0.3 is 15.5 Å². The minimum Gasteiger partial charge on any atom is -0.356 e. The van der Waals surface area contributed by atoms with Gasteiger partial charge in [0.15, 0.2) is 0 Å². The average molecular weight is 605 g/mol. The van der Waals surface area contributed by atoms with Gasteiger partial charge >= 0.3 is 12.1 Å². The van der Waals surface area contributed by atoms with Crippen LogP contribution in [0.5, 0.6) is 0 Å². The molecule has 0 unspecified atom stereocenters. The van der Waals surface area contributed by atoms with Crippen LogP contribution in [0.2, 0.25) is 0 Å². The molecule has 6 atom stereocenters. The highest BCUT2D eigenvalue weighted by Gasteiger charge is 2.69. The number of amides is 5. The van der Waals surface area contributed by atoms with Crippen molar-refractivity contribution in [3.05, 3.63) is 30.1 Å². The standard InChI is InChI=1S/C25H29ClF4N6O5/c1-24(2)14-11-35(21(39)15(33-23(41)25(28,29)30)9-12-3-6-31-7-4-12)17(16(14)24)20(38)34-36(22(40)18(26)27)10-13-5-8-32-19(13)37/h3-4,6-7,13-18H,5,8-11H2,1-2H3,(H,32,37)(H,33,41)(H,34,38)/t13-,14-,15-,16-,17-,18-/m0/s1. The number of pyridine rings is 1. The highest BCUT2D eigenvalue weighted by atomic mass is 35.5. The second-order valence-electron chi connectivity index (χ2n) is 11.0. The van der Waals surface area contributed by atoms with Crippen molar-refractivity contribution in [3.8, 4) is 0 Å². The van der Waals surface area contributed by atoms with Crippen molar-refractivity contribution in [1.82, 2.24) is 31.0 Å². The van der Waals surface area contributed by atoms with Crippen LogP contribution < -0.4 is 16.1 Å². The van der Waals surface area contributed by atoms with Gasteiger partial charge in [-0.05, 0) is 41.4 Å². The van der Waals surface area contributed by atoms with Gasteiger partial charge in [0.2, 0.25) is 11.8 Å². The molecule has 0 spiro atoms. The first-order chi connectivity index (χ1) is 19.1. The van der Waals surface area contributed by atoms with Gasteiger partial charge in [-0.25, -0.2) is 9.40 Å². The molecule has 1 aliphatic carbocycles. The Balaban J connectivity index is 1.59. The number of nitrogens with zero attached hydrogens (tertiary/aromatic N) is 3. The first-order valence-corrected chi connectivity index (χ1v) is 13.3. The average Bonchev–Trinajstić information content (AvgIpc) is 3.25. The molecular weight excluding hydrogens is 576 g/mol. The number of alkyl halides is 5. The lowest BCUT2D eigenvalue weighted by Gasteiger charge is -2.35. The van der Waals surface area contributed by atoms with Crippen LogP contribution >= 0.6 is 11.6 Å². The van der Waals surface area contributed by atoms with Crippen molar-refractivity contribution in [2.75, 3.05) is 19.6 Å². The van der Waals surface area contributed by atoms with Crippen molar-refractivity contribution in [2.45, 2.75) is 50.6 Å². The largest absolute Gasteiger partial charge is 0.471 e. The number of hydrogen-bond donors (Lipinski definition) is 3. The summed E-state index contributed by atoms with van der Waals surface area (Å²) in [6, 6.07) is 0.000243. The summed E-state index contributed by atoms with van der Waals surface area (Å²) in [5.41, 5.74) is -0.257. The number of rotatable bonds is 8. The molecule has 0 aromatic carbocycles. The monoisotopic (exact) mass is 604 g/mol. The summed E-state index contributed by atoms with van der Waals surface area (Å²) >= 11 is 5.34. The van der Waals surface area contributed by atoms with Gasteiger partial charge in [0.1, 0.15) is 12.1 Å². The zero-order valence-corrected chi connectivity index (χ0v) is 22.8. The van der Waals surface area contributed by atoms with Gasteiger partial charge in [0.05, 0.1) is 12.5 Å². The van der Waals surface area contributed by atoms with Gasteiger partial charge in [-0.15, -0.1) is 0 Å². The fraction of sp³-hybridized carbons (Fsp3) is 0.600. The van der Waals surface area contributed by atoms with Gasteiger partial charge in [-0.3, -0.25) is 34.4 Å². The van der Waals surface area contributed by atoms with E-state index in [1.807, 2.05) is 13.8 Å². The Morgan fingerprint density at radius 1 is 1.24 bits per heavy atom. The summed E-state index contributed by atoms with van der Waals surface area (Å²) < 4.78 is 53.2. The van der Waals surface area contributed by atoms with Crippen LogP contribution in [0, 0.1) is 23.2 Å². The number of carbonyl (C=O) groups excluding carboxylic acids is 5. The van der Waals surface area contributed by atoms with Crippen molar-refractivity contribution >= 4 is 41.1 Å². The predicted molar refractivity (Wildman–Crippen MR) is 134 cm³/mol. The summed E-state index contributed by atoms with van der Waals surface area (Å²) in [7, 11) is 0. The number of halogens is 5. The highest BCUT2D eigenvalue weighted by Crippen LogP contribution is 2.64. The second kappa shape index (κ2) is 11.4.